The van der Waals surface area contributed by atoms with Gasteiger partial charge < -0.3 is 40.3 Å². The zero-order valence-electron chi connectivity index (χ0n) is 48.4. The zero-order chi connectivity index (χ0) is 53.6. The van der Waals surface area contributed by atoms with Gasteiger partial charge in [-0.25, -0.2) is 0 Å². The van der Waals surface area contributed by atoms with Crippen LogP contribution in [0.4, 0.5) is 0 Å². The van der Waals surface area contributed by atoms with Gasteiger partial charge in [-0.2, -0.15) is 0 Å². The maximum atomic E-state index is 13.1. The number of carbonyl (C=O) groups excluding carboxylic acids is 1. The maximum absolute atomic E-state index is 13.1. The van der Waals surface area contributed by atoms with Crippen LogP contribution in [0.15, 0.2) is 48.6 Å². The lowest BCUT2D eigenvalue weighted by atomic mass is 9.99. The van der Waals surface area contributed by atoms with Crippen molar-refractivity contribution in [2.75, 3.05) is 13.2 Å². The van der Waals surface area contributed by atoms with Crippen LogP contribution in [-0.2, 0) is 14.3 Å². The number of hydrogen-bond donors (Lipinski definition) is 6. The van der Waals surface area contributed by atoms with Crippen LogP contribution in [-0.4, -0.2) is 87.5 Å². The molecule has 1 rings (SSSR count). The molecule has 0 spiro atoms. The molecule has 1 fully saturated rings. The van der Waals surface area contributed by atoms with E-state index in [9.17, 15) is 30.3 Å². The van der Waals surface area contributed by atoms with Crippen LogP contribution in [0, 0.1) is 0 Å². The highest BCUT2D eigenvalue weighted by molar-refractivity contribution is 5.76. The summed E-state index contributed by atoms with van der Waals surface area (Å²) in [5, 5.41) is 54.6. The lowest BCUT2D eigenvalue weighted by molar-refractivity contribution is -0.302. The maximum Gasteiger partial charge on any atom is 0.220 e. The molecular weight excluding hydrogens is 923 g/mol. The topological polar surface area (TPSA) is 149 Å². The smallest absolute Gasteiger partial charge is 0.220 e. The summed E-state index contributed by atoms with van der Waals surface area (Å²) in [4.78, 5) is 13.1. The van der Waals surface area contributed by atoms with E-state index in [1.165, 1.54) is 225 Å². The van der Waals surface area contributed by atoms with Crippen molar-refractivity contribution in [3.63, 3.8) is 0 Å². The third-order valence-corrected chi connectivity index (χ3v) is 15.1. The summed E-state index contributed by atoms with van der Waals surface area (Å²) in [6.45, 7) is 3.77. The predicted octanol–water partition coefficient (Wildman–Crippen LogP) is 16.5. The molecule has 1 aliphatic rings. The van der Waals surface area contributed by atoms with Gasteiger partial charge in [0.25, 0.3) is 0 Å². The summed E-state index contributed by atoms with van der Waals surface area (Å²) in [5.74, 6) is -0.193. The highest BCUT2D eigenvalue weighted by atomic mass is 16.7. The molecule has 0 radical (unpaired) electrons. The lowest BCUT2D eigenvalue weighted by Gasteiger charge is -2.40. The van der Waals surface area contributed by atoms with Crippen molar-refractivity contribution in [2.45, 2.75) is 346 Å². The molecular formula is C65H121NO8. The summed E-state index contributed by atoms with van der Waals surface area (Å²) < 4.78 is 11.3. The van der Waals surface area contributed by atoms with Gasteiger partial charge in [-0.3, -0.25) is 4.79 Å². The number of amides is 1. The Kier molecular flexibility index (Phi) is 51.7. The molecule has 1 saturated heterocycles. The Morgan fingerprint density at radius 1 is 0.459 bits per heavy atom. The Morgan fingerprint density at radius 2 is 0.811 bits per heavy atom. The summed E-state index contributed by atoms with van der Waals surface area (Å²) >= 11 is 0. The molecule has 0 aromatic rings. The number of aliphatic hydroxyl groups is 5. The molecule has 0 aromatic heterocycles. The largest absolute Gasteiger partial charge is 0.394 e. The summed E-state index contributed by atoms with van der Waals surface area (Å²) in [5.41, 5.74) is 0. The van der Waals surface area contributed by atoms with Crippen LogP contribution < -0.4 is 5.32 Å². The number of hydrogen-bond acceptors (Lipinski definition) is 8. The van der Waals surface area contributed by atoms with Gasteiger partial charge in [0.1, 0.15) is 24.4 Å². The second kappa shape index (κ2) is 54.5. The van der Waals surface area contributed by atoms with Gasteiger partial charge >= 0.3 is 0 Å². The fraction of sp³-hybridized carbons (Fsp3) is 0.862. The summed E-state index contributed by atoms with van der Waals surface area (Å²) in [6, 6.07) is -0.828. The van der Waals surface area contributed by atoms with Crippen molar-refractivity contribution in [2.24, 2.45) is 0 Å². The van der Waals surface area contributed by atoms with E-state index in [4.69, 9.17) is 9.47 Å². The third-order valence-electron chi connectivity index (χ3n) is 15.1. The summed E-state index contributed by atoms with van der Waals surface area (Å²) in [6.07, 6.45) is 66.4. The molecule has 6 N–H and O–H groups in total. The second-order valence-electron chi connectivity index (χ2n) is 22.2. The minimum atomic E-state index is -1.58. The van der Waals surface area contributed by atoms with E-state index in [-0.39, 0.29) is 12.5 Å². The van der Waals surface area contributed by atoms with E-state index in [0.717, 1.165) is 57.8 Å². The standard InChI is InChI=1S/C65H121NO8/c1-3-5-7-9-11-13-15-17-19-21-23-24-25-26-27-28-29-30-31-32-33-34-35-36-37-38-40-42-44-46-48-50-52-54-59(68)58(57-73-65-64(72)63(71)62(70)60(56-67)74-65)66-61(69)55-53-51-49-47-45-43-41-39-22-20-18-16-14-12-10-8-6-4-2/h14,16,20,22,44,46,52,54,58-60,62-65,67-68,70-72H,3-13,15,17-19,21,23-43,45,47-51,53,55-57H2,1-2H3,(H,66,69)/b16-14-,22-20-,46-44+,54-52+. The van der Waals surface area contributed by atoms with Crippen LogP contribution in [0.3, 0.4) is 0 Å². The van der Waals surface area contributed by atoms with Gasteiger partial charge in [0, 0.05) is 6.42 Å². The molecule has 0 saturated carbocycles. The molecule has 0 bridgehead atoms. The Hall–Kier alpha value is -1.85. The van der Waals surface area contributed by atoms with Gasteiger partial charge in [0.05, 0.1) is 25.4 Å². The number of ether oxygens (including phenoxy) is 2. The highest BCUT2D eigenvalue weighted by Crippen LogP contribution is 2.23. The average molecular weight is 1040 g/mol. The van der Waals surface area contributed by atoms with Gasteiger partial charge in [0.15, 0.2) is 6.29 Å². The van der Waals surface area contributed by atoms with Crippen molar-refractivity contribution >= 4 is 5.91 Å². The van der Waals surface area contributed by atoms with Gasteiger partial charge in [0.2, 0.25) is 5.91 Å². The van der Waals surface area contributed by atoms with E-state index in [1.54, 1.807) is 6.08 Å². The van der Waals surface area contributed by atoms with Crippen LogP contribution in [0.5, 0.6) is 0 Å². The first kappa shape index (κ1) is 70.2. The monoisotopic (exact) mass is 1040 g/mol. The predicted molar refractivity (Wildman–Crippen MR) is 313 cm³/mol. The van der Waals surface area contributed by atoms with Crippen LogP contribution in [0.2, 0.25) is 0 Å². The molecule has 0 aromatic carbocycles. The number of unbranched alkanes of at least 4 members (excludes halogenated alkanes) is 39. The van der Waals surface area contributed by atoms with Gasteiger partial charge in [-0.15, -0.1) is 0 Å². The van der Waals surface area contributed by atoms with Gasteiger partial charge in [-0.05, 0) is 64.2 Å². The molecule has 1 heterocycles. The lowest BCUT2D eigenvalue weighted by Crippen LogP contribution is -2.60. The van der Waals surface area contributed by atoms with E-state index >= 15 is 0 Å². The number of nitrogens with one attached hydrogen (secondary N) is 1. The van der Waals surface area contributed by atoms with E-state index in [2.05, 4.69) is 55.6 Å². The van der Waals surface area contributed by atoms with Crippen LogP contribution in [0.25, 0.3) is 0 Å². The number of aliphatic hydroxyl groups excluding tert-OH is 5. The Labute approximate surface area is 456 Å². The molecule has 9 heteroatoms. The molecule has 434 valence electrons. The van der Waals surface area contributed by atoms with Crippen molar-refractivity contribution in [3.05, 3.63) is 48.6 Å². The van der Waals surface area contributed by atoms with Gasteiger partial charge in [-0.1, -0.05) is 281 Å². The fourth-order valence-corrected chi connectivity index (χ4v) is 10.1. The molecule has 1 amide bonds. The minimum absolute atomic E-state index is 0.193. The fourth-order valence-electron chi connectivity index (χ4n) is 10.1. The first-order valence-electron chi connectivity index (χ1n) is 31.9. The molecule has 74 heavy (non-hydrogen) atoms. The van der Waals surface area contributed by atoms with E-state index in [0.29, 0.717) is 6.42 Å². The van der Waals surface area contributed by atoms with Crippen LogP contribution in [0.1, 0.15) is 303 Å². The zero-order valence-corrected chi connectivity index (χ0v) is 48.4. The Bertz CT molecular complexity index is 1300. The van der Waals surface area contributed by atoms with E-state index < -0.39 is 49.5 Å². The van der Waals surface area contributed by atoms with Crippen molar-refractivity contribution in [1.29, 1.82) is 0 Å². The third kappa shape index (κ3) is 43.2. The molecule has 9 nitrogen and oxygen atoms in total. The molecule has 1 aliphatic heterocycles. The average Bonchev–Trinajstić information content (AvgIpc) is 3.40. The molecule has 0 aliphatic carbocycles. The van der Waals surface area contributed by atoms with Crippen molar-refractivity contribution in [1.82, 2.24) is 5.32 Å². The number of rotatable bonds is 55. The Balaban J connectivity index is 2.16. The number of allylic oxidation sites excluding steroid dienone is 7. The normalized spacial score (nSPS) is 19.3. The number of carbonyl (C=O) groups is 1. The first-order chi connectivity index (χ1) is 36.3. The first-order valence-corrected chi connectivity index (χ1v) is 31.9. The summed E-state index contributed by atoms with van der Waals surface area (Å²) in [7, 11) is 0. The quantitative estimate of drug-likeness (QED) is 0.0261. The highest BCUT2D eigenvalue weighted by Gasteiger charge is 2.44. The second-order valence-corrected chi connectivity index (χ2v) is 22.2. The van der Waals surface area contributed by atoms with Crippen molar-refractivity contribution < 1.29 is 39.8 Å². The molecule has 7 unspecified atom stereocenters. The van der Waals surface area contributed by atoms with Crippen molar-refractivity contribution in [3.8, 4) is 0 Å². The minimum Gasteiger partial charge on any atom is -0.394 e. The SMILES string of the molecule is CCCCCC/C=C\C/C=C\CCCCCCCCCC(=O)NC(COC1OC(CO)C(O)C(O)C1O)C(O)/C=C/CC/C=C/CCCCCCCCCCCCCCCCCCCCCCCCCCCCC. The Morgan fingerprint density at radius 3 is 1.23 bits per heavy atom. The molecule has 7 atom stereocenters. The van der Waals surface area contributed by atoms with E-state index in [1.807, 2.05) is 6.08 Å². The van der Waals surface area contributed by atoms with Crippen LogP contribution >= 0.6 is 0 Å².